The number of hydrogen-bond acceptors (Lipinski definition) is 6. The van der Waals surface area contributed by atoms with Crippen LogP contribution in [0.1, 0.15) is 54.3 Å². The highest BCUT2D eigenvalue weighted by atomic mass is 16.5. The van der Waals surface area contributed by atoms with E-state index >= 15 is 0 Å². The fourth-order valence-corrected chi connectivity index (χ4v) is 4.93. The fraction of sp³-hybridized carbons (Fsp3) is 0.276. The van der Waals surface area contributed by atoms with Gasteiger partial charge in [0.05, 0.1) is 12.5 Å². The van der Waals surface area contributed by atoms with Gasteiger partial charge >= 0.3 is 0 Å². The molecule has 1 amide bonds. The van der Waals surface area contributed by atoms with Gasteiger partial charge in [0, 0.05) is 13.1 Å². The van der Waals surface area contributed by atoms with Crippen molar-refractivity contribution in [3.63, 3.8) is 0 Å². The molecule has 1 atom stereocenters. The van der Waals surface area contributed by atoms with Gasteiger partial charge in [-0.2, -0.15) is 4.98 Å². The summed E-state index contributed by atoms with van der Waals surface area (Å²) in [5.41, 5.74) is 8.36. The monoisotopic (exact) mass is 481 g/mol. The van der Waals surface area contributed by atoms with Crippen LogP contribution in [0.25, 0.3) is 0 Å². The van der Waals surface area contributed by atoms with E-state index in [0.29, 0.717) is 5.95 Å². The predicted molar refractivity (Wildman–Crippen MR) is 139 cm³/mol. The molecular weight excluding hydrogens is 450 g/mol. The molecule has 7 nitrogen and oxygen atoms in total. The predicted octanol–water partition coefficient (Wildman–Crippen LogP) is 4.56. The van der Waals surface area contributed by atoms with E-state index in [2.05, 4.69) is 20.4 Å². The second-order valence-corrected chi connectivity index (χ2v) is 9.19. The first-order valence-electron chi connectivity index (χ1n) is 12.5. The molecule has 3 N–H and O–H groups in total. The lowest BCUT2D eigenvalue weighted by Crippen LogP contribution is -2.48. The summed E-state index contributed by atoms with van der Waals surface area (Å²) in [5, 5.41) is 7.44. The number of benzene rings is 3. The Bertz CT molecular complexity index is 1160. The molecule has 0 spiro atoms. The highest BCUT2D eigenvalue weighted by Crippen LogP contribution is 2.37. The van der Waals surface area contributed by atoms with Crippen LogP contribution >= 0.6 is 0 Å². The summed E-state index contributed by atoms with van der Waals surface area (Å²) in [6, 6.07) is 29.3. The minimum atomic E-state index is -0.894. The molecule has 1 aliphatic rings. The summed E-state index contributed by atoms with van der Waals surface area (Å²) in [5.74, 6) is 0.611. The quantitative estimate of drug-likeness (QED) is 0.358. The van der Waals surface area contributed by atoms with E-state index in [1.807, 2.05) is 91.0 Å². The number of hydrogen-bond donors (Lipinski definition) is 2. The maximum absolute atomic E-state index is 13.6. The fourth-order valence-electron chi connectivity index (χ4n) is 4.93. The van der Waals surface area contributed by atoms with E-state index in [1.165, 1.54) is 6.42 Å². The van der Waals surface area contributed by atoms with Crippen LogP contribution in [0.2, 0.25) is 0 Å². The number of carbonyl (C=O) groups excluding carboxylic acids is 1. The van der Waals surface area contributed by atoms with Gasteiger partial charge in [0.15, 0.2) is 0 Å². The smallest absolute Gasteiger partial charge is 0.266 e. The van der Waals surface area contributed by atoms with Gasteiger partial charge in [-0.3, -0.25) is 4.79 Å². The van der Waals surface area contributed by atoms with Gasteiger partial charge in [-0.15, -0.1) is 0 Å². The van der Waals surface area contributed by atoms with E-state index in [1.54, 1.807) is 0 Å². The van der Waals surface area contributed by atoms with Crippen molar-refractivity contribution in [1.29, 1.82) is 0 Å². The lowest BCUT2D eigenvalue weighted by atomic mass is 9.77. The molecule has 36 heavy (non-hydrogen) atoms. The van der Waals surface area contributed by atoms with Gasteiger partial charge in [-0.1, -0.05) is 91.0 Å². The molecule has 4 aromatic rings. The standard InChI is InChI=1S/C29H31N5O2/c30-25(27-31-28(33-36-27)34-19-11-4-12-20-34)21-26(35)32-29(22-13-5-1-6-14-22,23-15-7-2-8-16-23)24-17-9-3-10-18-24/h1-3,5-10,13-18,25H,4,11-12,19-21,30H2,(H,32,35)/t25-/m0/s1. The second-order valence-electron chi connectivity index (χ2n) is 9.19. The van der Waals surface area contributed by atoms with Crippen molar-refractivity contribution in [2.75, 3.05) is 18.0 Å². The van der Waals surface area contributed by atoms with Crippen LogP contribution in [0.5, 0.6) is 0 Å². The van der Waals surface area contributed by atoms with Crippen molar-refractivity contribution >= 4 is 11.9 Å². The van der Waals surface area contributed by atoms with E-state index in [4.69, 9.17) is 10.3 Å². The number of amides is 1. The molecule has 1 fully saturated rings. The molecule has 0 saturated carbocycles. The van der Waals surface area contributed by atoms with Crippen LogP contribution in [-0.2, 0) is 10.3 Å². The normalized spacial score (nSPS) is 14.9. The van der Waals surface area contributed by atoms with Crippen molar-refractivity contribution < 1.29 is 9.32 Å². The number of nitrogens with two attached hydrogens (primary N) is 1. The Morgan fingerprint density at radius 3 is 1.86 bits per heavy atom. The summed E-state index contributed by atoms with van der Waals surface area (Å²) in [7, 11) is 0. The van der Waals surface area contributed by atoms with Crippen LogP contribution in [0, 0.1) is 0 Å². The van der Waals surface area contributed by atoms with Crippen molar-refractivity contribution in [1.82, 2.24) is 15.5 Å². The van der Waals surface area contributed by atoms with E-state index in [0.717, 1.165) is 42.6 Å². The molecule has 0 radical (unpaired) electrons. The number of nitrogens with one attached hydrogen (secondary N) is 1. The third-order valence-corrected chi connectivity index (χ3v) is 6.74. The molecular formula is C29H31N5O2. The maximum atomic E-state index is 13.6. The zero-order valence-corrected chi connectivity index (χ0v) is 20.2. The first kappa shape index (κ1) is 23.8. The van der Waals surface area contributed by atoms with Gasteiger partial charge in [-0.05, 0) is 41.1 Å². The lowest BCUT2D eigenvalue weighted by molar-refractivity contribution is -0.122. The number of carbonyl (C=O) groups is 1. The van der Waals surface area contributed by atoms with Gasteiger partial charge in [-0.25, -0.2) is 0 Å². The number of rotatable bonds is 8. The molecule has 0 bridgehead atoms. The Morgan fingerprint density at radius 1 is 0.861 bits per heavy atom. The SMILES string of the molecule is N[C@@H](CC(=O)NC(c1ccccc1)(c1ccccc1)c1ccccc1)c1nc(N2CCCCC2)no1. The molecule has 0 unspecified atom stereocenters. The van der Waals surface area contributed by atoms with E-state index < -0.39 is 11.6 Å². The van der Waals surface area contributed by atoms with Gasteiger partial charge < -0.3 is 20.5 Å². The Morgan fingerprint density at radius 2 is 1.36 bits per heavy atom. The number of anilines is 1. The highest BCUT2D eigenvalue weighted by molar-refractivity contribution is 5.79. The van der Waals surface area contributed by atoms with Crippen LogP contribution < -0.4 is 16.0 Å². The molecule has 2 heterocycles. The summed E-state index contributed by atoms with van der Waals surface area (Å²) in [6.07, 6.45) is 3.44. The Hall–Kier alpha value is -3.97. The molecule has 184 valence electrons. The Kier molecular flexibility index (Phi) is 7.09. The summed E-state index contributed by atoms with van der Waals surface area (Å²) < 4.78 is 5.46. The number of piperidine rings is 1. The van der Waals surface area contributed by atoms with Crippen molar-refractivity contribution in [2.45, 2.75) is 37.3 Å². The number of nitrogens with zero attached hydrogens (tertiary/aromatic N) is 3. The third-order valence-electron chi connectivity index (χ3n) is 6.74. The Balaban J connectivity index is 1.44. The van der Waals surface area contributed by atoms with Crippen LogP contribution in [0.3, 0.4) is 0 Å². The average molecular weight is 482 g/mol. The topological polar surface area (TPSA) is 97.3 Å². The molecule has 1 aromatic heterocycles. The maximum Gasteiger partial charge on any atom is 0.266 e. The first-order valence-corrected chi connectivity index (χ1v) is 12.5. The van der Waals surface area contributed by atoms with E-state index in [-0.39, 0.29) is 18.2 Å². The summed E-state index contributed by atoms with van der Waals surface area (Å²) in [4.78, 5) is 20.2. The molecule has 1 saturated heterocycles. The summed E-state index contributed by atoms with van der Waals surface area (Å²) in [6.45, 7) is 1.81. The number of aromatic nitrogens is 2. The van der Waals surface area contributed by atoms with Crippen LogP contribution in [-0.4, -0.2) is 29.1 Å². The van der Waals surface area contributed by atoms with Crippen LogP contribution in [0.15, 0.2) is 95.5 Å². The van der Waals surface area contributed by atoms with Crippen LogP contribution in [0.4, 0.5) is 5.95 Å². The highest BCUT2D eigenvalue weighted by Gasteiger charge is 2.38. The van der Waals surface area contributed by atoms with Gasteiger partial charge in [0.25, 0.3) is 5.95 Å². The molecule has 3 aromatic carbocycles. The molecule has 7 heteroatoms. The van der Waals surface area contributed by atoms with Crippen molar-refractivity contribution in [3.05, 3.63) is 114 Å². The molecule has 1 aliphatic heterocycles. The van der Waals surface area contributed by atoms with Crippen molar-refractivity contribution in [2.24, 2.45) is 5.73 Å². The zero-order valence-electron chi connectivity index (χ0n) is 20.2. The minimum absolute atomic E-state index is 0.00981. The Labute approximate surface area is 211 Å². The van der Waals surface area contributed by atoms with Gasteiger partial charge in [0.1, 0.15) is 5.54 Å². The van der Waals surface area contributed by atoms with E-state index in [9.17, 15) is 4.79 Å². The first-order chi connectivity index (χ1) is 17.7. The molecule has 0 aliphatic carbocycles. The van der Waals surface area contributed by atoms with Gasteiger partial charge in [0.2, 0.25) is 11.8 Å². The lowest BCUT2D eigenvalue weighted by Gasteiger charge is -2.37. The third kappa shape index (κ3) is 4.88. The second kappa shape index (κ2) is 10.7. The summed E-state index contributed by atoms with van der Waals surface area (Å²) >= 11 is 0. The molecule has 5 rings (SSSR count). The average Bonchev–Trinajstić information content (AvgIpc) is 3.45. The zero-order chi connectivity index (χ0) is 24.8. The minimum Gasteiger partial charge on any atom is -0.338 e. The largest absolute Gasteiger partial charge is 0.338 e. The van der Waals surface area contributed by atoms with Crippen molar-refractivity contribution in [3.8, 4) is 0 Å².